The van der Waals surface area contributed by atoms with Gasteiger partial charge in [0.05, 0.1) is 11.3 Å². The van der Waals surface area contributed by atoms with Gasteiger partial charge in [-0.05, 0) is 72.2 Å². The van der Waals surface area contributed by atoms with Gasteiger partial charge in [-0.25, -0.2) is 8.78 Å². The van der Waals surface area contributed by atoms with E-state index in [9.17, 15) is 8.78 Å². The molecule has 1 heterocycles. The quantitative estimate of drug-likeness (QED) is 0.291. The van der Waals surface area contributed by atoms with Gasteiger partial charge >= 0.3 is 0 Å². The molecule has 0 saturated heterocycles. The fourth-order valence-corrected chi connectivity index (χ4v) is 4.71. The Kier molecular flexibility index (Phi) is 6.14. The van der Waals surface area contributed by atoms with Gasteiger partial charge in [-0.15, -0.1) is 11.3 Å². The minimum absolute atomic E-state index is 0.233. The summed E-state index contributed by atoms with van der Waals surface area (Å²) in [4.78, 5) is 0.705. The first-order valence-corrected chi connectivity index (χ1v) is 11.2. The SMILES string of the molecule is CCCCc1ccc(-c2ccc(-c3cc4ccc(OCC)c(F)c4s3)c(F)c2)cc1. The second-order valence-corrected chi connectivity index (χ2v) is 8.39. The van der Waals surface area contributed by atoms with Crippen molar-refractivity contribution in [3.05, 3.63) is 77.9 Å². The number of benzene rings is 3. The second-order valence-electron chi connectivity index (χ2n) is 7.33. The van der Waals surface area contributed by atoms with Crippen LogP contribution in [-0.4, -0.2) is 6.61 Å². The highest BCUT2D eigenvalue weighted by atomic mass is 32.1. The van der Waals surface area contributed by atoms with Crippen molar-refractivity contribution in [1.29, 1.82) is 0 Å². The predicted molar refractivity (Wildman–Crippen MR) is 122 cm³/mol. The molecule has 1 nitrogen and oxygen atoms in total. The molecule has 0 spiro atoms. The molecule has 0 fully saturated rings. The van der Waals surface area contributed by atoms with Crippen LogP contribution in [0.25, 0.3) is 31.7 Å². The molecule has 1 aromatic heterocycles. The van der Waals surface area contributed by atoms with Gasteiger partial charge in [-0.2, -0.15) is 0 Å². The van der Waals surface area contributed by atoms with Gasteiger partial charge in [-0.1, -0.05) is 43.7 Å². The molecule has 0 amide bonds. The molecular weight excluding hydrogens is 398 g/mol. The molecule has 0 radical (unpaired) electrons. The molecule has 154 valence electrons. The highest BCUT2D eigenvalue weighted by Crippen LogP contribution is 2.39. The third-order valence-corrected chi connectivity index (χ3v) is 6.41. The van der Waals surface area contributed by atoms with Gasteiger partial charge in [0.15, 0.2) is 11.6 Å². The predicted octanol–water partition coefficient (Wildman–Crippen LogP) is 8.25. The van der Waals surface area contributed by atoms with E-state index in [0.29, 0.717) is 21.7 Å². The maximum Gasteiger partial charge on any atom is 0.182 e. The molecule has 4 rings (SSSR count). The van der Waals surface area contributed by atoms with Crippen molar-refractivity contribution in [2.75, 3.05) is 6.61 Å². The van der Waals surface area contributed by atoms with Crippen LogP contribution < -0.4 is 4.74 Å². The molecule has 4 aromatic rings. The number of hydrogen-bond acceptors (Lipinski definition) is 2. The molecule has 0 atom stereocenters. The van der Waals surface area contributed by atoms with E-state index in [-0.39, 0.29) is 17.4 Å². The Morgan fingerprint density at radius 1 is 0.867 bits per heavy atom. The Morgan fingerprint density at radius 3 is 2.33 bits per heavy atom. The minimum Gasteiger partial charge on any atom is -0.491 e. The normalized spacial score (nSPS) is 11.2. The number of hydrogen-bond donors (Lipinski definition) is 0. The first-order chi connectivity index (χ1) is 14.6. The Bertz CT molecular complexity index is 1160. The lowest BCUT2D eigenvalue weighted by molar-refractivity contribution is 0.323. The second kappa shape index (κ2) is 8.97. The number of ether oxygens (including phenoxy) is 1. The van der Waals surface area contributed by atoms with E-state index in [1.807, 2.05) is 37.3 Å². The number of thiophene rings is 1. The molecule has 0 bridgehead atoms. The molecule has 0 unspecified atom stereocenters. The summed E-state index contributed by atoms with van der Waals surface area (Å²) in [5, 5.41) is 0.752. The Labute approximate surface area is 180 Å². The van der Waals surface area contributed by atoms with E-state index >= 15 is 0 Å². The smallest absolute Gasteiger partial charge is 0.182 e. The van der Waals surface area contributed by atoms with Crippen molar-refractivity contribution < 1.29 is 13.5 Å². The number of rotatable bonds is 7. The van der Waals surface area contributed by atoms with Gasteiger partial charge in [0, 0.05) is 10.4 Å². The number of halogens is 2. The number of unbranched alkanes of at least 4 members (excludes halogenated alkanes) is 1. The van der Waals surface area contributed by atoms with E-state index in [1.54, 1.807) is 18.2 Å². The first kappa shape index (κ1) is 20.5. The lowest BCUT2D eigenvalue weighted by Crippen LogP contribution is -1.93. The summed E-state index contributed by atoms with van der Waals surface area (Å²) in [6.07, 6.45) is 3.41. The van der Waals surface area contributed by atoms with E-state index < -0.39 is 0 Å². The summed E-state index contributed by atoms with van der Waals surface area (Å²) in [5.74, 6) is -0.457. The molecule has 30 heavy (non-hydrogen) atoms. The van der Waals surface area contributed by atoms with Crippen molar-refractivity contribution in [1.82, 2.24) is 0 Å². The summed E-state index contributed by atoms with van der Waals surface area (Å²) >= 11 is 1.25. The topological polar surface area (TPSA) is 9.23 Å². The molecule has 0 aliphatic heterocycles. The van der Waals surface area contributed by atoms with E-state index in [1.165, 1.54) is 29.7 Å². The fourth-order valence-electron chi connectivity index (χ4n) is 3.59. The van der Waals surface area contributed by atoms with Crippen LogP contribution in [0, 0.1) is 11.6 Å². The standard InChI is InChI=1S/C26H24F2OS/c1-3-5-6-17-7-9-18(10-8-17)19-11-13-21(22(27)15-19)24-16-20-12-14-23(29-4-2)25(28)26(20)30-24/h7-16H,3-6H2,1-2H3. The van der Waals surface area contributed by atoms with Gasteiger partial charge in [-0.3, -0.25) is 0 Å². The summed E-state index contributed by atoms with van der Waals surface area (Å²) in [6.45, 7) is 4.40. The van der Waals surface area contributed by atoms with Crippen molar-refractivity contribution in [2.45, 2.75) is 33.1 Å². The monoisotopic (exact) mass is 422 g/mol. The van der Waals surface area contributed by atoms with Crippen LogP contribution in [0.4, 0.5) is 8.78 Å². The zero-order valence-corrected chi connectivity index (χ0v) is 18.0. The summed E-state index contributed by atoms with van der Waals surface area (Å²) in [5.41, 5.74) is 3.61. The molecule has 0 N–H and O–H groups in total. The van der Waals surface area contributed by atoms with Crippen LogP contribution in [-0.2, 0) is 6.42 Å². The van der Waals surface area contributed by atoms with Gasteiger partial charge in [0.25, 0.3) is 0 Å². The Morgan fingerprint density at radius 2 is 1.63 bits per heavy atom. The average molecular weight is 423 g/mol. The summed E-state index contributed by atoms with van der Waals surface area (Å²) in [6, 6.07) is 18.9. The molecule has 0 aliphatic carbocycles. The van der Waals surface area contributed by atoms with Crippen LogP contribution in [0.5, 0.6) is 5.75 Å². The maximum atomic E-state index is 15.0. The Balaban J connectivity index is 1.64. The van der Waals surface area contributed by atoms with E-state index in [2.05, 4.69) is 19.1 Å². The van der Waals surface area contributed by atoms with Crippen LogP contribution in [0.2, 0.25) is 0 Å². The molecule has 4 heteroatoms. The van der Waals surface area contributed by atoms with Crippen LogP contribution in [0.3, 0.4) is 0 Å². The van der Waals surface area contributed by atoms with Crippen molar-refractivity contribution in [3.63, 3.8) is 0 Å². The average Bonchev–Trinajstić information content (AvgIpc) is 3.19. The zero-order chi connectivity index (χ0) is 21.1. The fraction of sp³-hybridized carbons (Fsp3) is 0.231. The third kappa shape index (κ3) is 4.10. The van der Waals surface area contributed by atoms with Crippen molar-refractivity contribution >= 4 is 21.4 Å². The lowest BCUT2D eigenvalue weighted by Gasteiger charge is -2.07. The number of aryl methyl sites for hydroxylation is 1. The minimum atomic E-state index is -0.384. The number of fused-ring (bicyclic) bond motifs is 1. The highest BCUT2D eigenvalue weighted by Gasteiger charge is 2.15. The molecule has 3 aromatic carbocycles. The van der Waals surface area contributed by atoms with Crippen LogP contribution in [0.1, 0.15) is 32.3 Å². The summed E-state index contributed by atoms with van der Waals surface area (Å²) in [7, 11) is 0. The van der Waals surface area contributed by atoms with Crippen LogP contribution >= 0.6 is 11.3 Å². The van der Waals surface area contributed by atoms with E-state index in [4.69, 9.17) is 4.74 Å². The molecule has 0 aliphatic rings. The largest absolute Gasteiger partial charge is 0.491 e. The lowest BCUT2D eigenvalue weighted by atomic mass is 10.00. The molecular formula is C26H24F2OS. The van der Waals surface area contributed by atoms with Crippen LogP contribution in [0.15, 0.2) is 60.7 Å². The Hall–Kier alpha value is -2.72. The molecule has 0 saturated carbocycles. The van der Waals surface area contributed by atoms with Crippen molar-refractivity contribution in [3.8, 4) is 27.3 Å². The third-order valence-electron chi connectivity index (χ3n) is 5.23. The summed E-state index contributed by atoms with van der Waals surface area (Å²) < 4.78 is 35.5. The van der Waals surface area contributed by atoms with Gasteiger partial charge in [0.2, 0.25) is 0 Å². The van der Waals surface area contributed by atoms with Gasteiger partial charge < -0.3 is 4.74 Å². The van der Waals surface area contributed by atoms with E-state index in [0.717, 1.165) is 22.9 Å². The maximum absolute atomic E-state index is 15.0. The zero-order valence-electron chi connectivity index (χ0n) is 17.2. The highest BCUT2D eigenvalue weighted by molar-refractivity contribution is 7.22. The van der Waals surface area contributed by atoms with Gasteiger partial charge in [0.1, 0.15) is 5.82 Å². The van der Waals surface area contributed by atoms with Crippen molar-refractivity contribution in [2.24, 2.45) is 0 Å². The first-order valence-electron chi connectivity index (χ1n) is 10.3.